The van der Waals surface area contributed by atoms with Crippen LogP contribution < -0.4 is 4.74 Å². The van der Waals surface area contributed by atoms with Gasteiger partial charge in [-0.25, -0.2) is 14.4 Å². The molecule has 3 heterocycles. The number of aliphatic hydroxyl groups is 3. The number of halogens is 2. The molecule has 3 N–H and O–H groups in total. The fourth-order valence-electron chi connectivity index (χ4n) is 3.73. The van der Waals surface area contributed by atoms with Gasteiger partial charge in [0, 0.05) is 29.6 Å². The summed E-state index contributed by atoms with van der Waals surface area (Å²) in [4.78, 5) is 44.2. The van der Waals surface area contributed by atoms with Crippen LogP contribution in [0.25, 0.3) is 11.3 Å². The standard InChI is InChI=1S/C21H20F2N2O7S/c1-10(26)19(29)9-33-18(20(30,11(2)27)21(19,31)12(3)28)32-14-7-15(22)17(25-8-14)13-4-5-24-16(23)6-13/h4-8,18,29-31H,9H2,1-3H3/t18-,19-,20-,21-/m0/s1. The van der Waals surface area contributed by atoms with E-state index in [0.29, 0.717) is 11.8 Å². The van der Waals surface area contributed by atoms with Crippen molar-refractivity contribution >= 4 is 29.1 Å². The van der Waals surface area contributed by atoms with E-state index in [-0.39, 0.29) is 17.0 Å². The first-order valence-electron chi connectivity index (χ1n) is 9.55. The second kappa shape index (κ2) is 8.52. The smallest absolute Gasteiger partial charge is 0.213 e. The van der Waals surface area contributed by atoms with Gasteiger partial charge in [-0.3, -0.25) is 14.4 Å². The average Bonchev–Trinajstić information content (AvgIpc) is 2.73. The second-order valence-corrected chi connectivity index (χ2v) is 8.69. The first-order valence-corrected chi connectivity index (χ1v) is 10.6. The summed E-state index contributed by atoms with van der Waals surface area (Å²) in [6, 6.07) is 3.14. The fourth-order valence-corrected chi connectivity index (χ4v) is 5.30. The maximum atomic E-state index is 14.7. The van der Waals surface area contributed by atoms with Crippen molar-refractivity contribution in [2.45, 2.75) is 43.0 Å². The summed E-state index contributed by atoms with van der Waals surface area (Å²) in [6.45, 7) is 2.55. The molecule has 33 heavy (non-hydrogen) atoms. The highest BCUT2D eigenvalue weighted by atomic mass is 32.2. The van der Waals surface area contributed by atoms with Crippen molar-refractivity contribution in [1.29, 1.82) is 0 Å². The minimum absolute atomic E-state index is 0.0938. The number of carbonyl (C=O) groups excluding carboxylic acids is 3. The number of nitrogens with zero attached hydrogens (tertiary/aromatic N) is 2. The van der Waals surface area contributed by atoms with Crippen molar-refractivity contribution in [2.24, 2.45) is 0 Å². The third-order valence-corrected chi connectivity index (χ3v) is 6.95. The average molecular weight is 482 g/mol. The van der Waals surface area contributed by atoms with Gasteiger partial charge in [0.2, 0.25) is 11.5 Å². The Morgan fingerprint density at radius 1 is 1.06 bits per heavy atom. The van der Waals surface area contributed by atoms with Gasteiger partial charge >= 0.3 is 0 Å². The van der Waals surface area contributed by atoms with E-state index in [9.17, 15) is 38.5 Å². The Bertz CT molecular complexity index is 1150. The third-order valence-electron chi connectivity index (χ3n) is 5.62. The van der Waals surface area contributed by atoms with Gasteiger partial charge in [-0.15, -0.1) is 11.8 Å². The van der Waals surface area contributed by atoms with Crippen molar-refractivity contribution in [3.05, 3.63) is 42.4 Å². The van der Waals surface area contributed by atoms with Crippen LogP contribution in [0.4, 0.5) is 8.78 Å². The molecule has 0 spiro atoms. The minimum atomic E-state index is -3.24. The summed E-state index contributed by atoms with van der Waals surface area (Å²) in [5.74, 6) is -6.16. The monoisotopic (exact) mass is 482 g/mol. The topological polar surface area (TPSA) is 147 Å². The number of hydrogen-bond acceptors (Lipinski definition) is 10. The number of thioether (sulfide) groups is 1. The molecule has 9 nitrogen and oxygen atoms in total. The van der Waals surface area contributed by atoms with Gasteiger partial charge in [0.1, 0.15) is 11.4 Å². The first-order chi connectivity index (χ1) is 15.3. The molecule has 2 aromatic rings. The number of rotatable bonds is 6. The van der Waals surface area contributed by atoms with Crippen molar-refractivity contribution in [2.75, 3.05) is 5.75 Å². The van der Waals surface area contributed by atoms with Crippen LogP contribution in [0.3, 0.4) is 0 Å². The Morgan fingerprint density at radius 2 is 1.73 bits per heavy atom. The molecule has 0 amide bonds. The molecule has 176 valence electrons. The molecule has 0 bridgehead atoms. The number of ether oxygens (including phenoxy) is 1. The number of ketones is 3. The van der Waals surface area contributed by atoms with Crippen molar-refractivity contribution in [3.8, 4) is 17.0 Å². The Kier molecular flexibility index (Phi) is 6.41. The number of aromatic nitrogens is 2. The van der Waals surface area contributed by atoms with Crippen LogP contribution in [-0.4, -0.2) is 70.6 Å². The molecule has 4 atom stereocenters. The van der Waals surface area contributed by atoms with Crippen LogP contribution in [0.2, 0.25) is 0 Å². The van der Waals surface area contributed by atoms with E-state index in [1.165, 1.54) is 6.07 Å². The van der Waals surface area contributed by atoms with Crippen molar-refractivity contribution in [1.82, 2.24) is 9.97 Å². The van der Waals surface area contributed by atoms with E-state index in [0.717, 1.165) is 45.3 Å². The predicted molar refractivity (Wildman–Crippen MR) is 111 cm³/mol. The molecule has 2 aromatic heterocycles. The molecule has 0 unspecified atom stereocenters. The highest BCUT2D eigenvalue weighted by Gasteiger charge is 2.75. The molecule has 3 rings (SSSR count). The zero-order chi connectivity index (χ0) is 24.8. The summed E-state index contributed by atoms with van der Waals surface area (Å²) in [5, 5.41) is 33.2. The lowest BCUT2D eigenvalue weighted by Crippen LogP contribution is -2.82. The van der Waals surface area contributed by atoms with E-state index in [1.54, 1.807) is 0 Å². The Balaban J connectivity index is 2.03. The quantitative estimate of drug-likeness (QED) is 0.506. The summed E-state index contributed by atoms with van der Waals surface area (Å²) in [7, 11) is 0. The van der Waals surface area contributed by atoms with Crippen LogP contribution in [-0.2, 0) is 14.4 Å². The number of hydrogen-bond donors (Lipinski definition) is 3. The molecular weight excluding hydrogens is 462 g/mol. The van der Waals surface area contributed by atoms with Crippen LogP contribution >= 0.6 is 11.8 Å². The molecule has 12 heteroatoms. The van der Waals surface area contributed by atoms with E-state index in [2.05, 4.69) is 9.97 Å². The SMILES string of the molecule is CC(=O)[C@]1(O)[C@@](O)(C(C)=O)CS[C@H](Oc2cnc(-c3ccnc(F)c3)c(F)c2)[C@@]1(O)C(C)=O. The van der Waals surface area contributed by atoms with Gasteiger partial charge in [0.15, 0.2) is 39.8 Å². The van der Waals surface area contributed by atoms with E-state index in [4.69, 9.17) is 4.74 Å². The number of carbonyl (C=O) groups is 3. The highest BCUT2D eigenvalue weighted by molar-refractivity contribution is 8.00. The van der Waals surface area contributed by atoms with Gasteiger partial charge in [-0.05, 0) is 26.8 Å². The molecular formula is C21H20F2N2O7S. The fraction of sp³-hybridized carbons (Fsp3) is 0.381. The zero-order valence-electron chi connectivity index (χ0n) is 17.7. The zero-order valence-corrected chi connectivity index (χ0v) is 18.5. The molecule has 1 aliphatic rings. The van der Waals surface area contributed by atoms with Gasteiger partial charge in [0.05, 0.1) is 6.20 Å². The van der Waals surface area contributed by atoms with E-state index in [1.807, 2.05) is 0 Å². The maximum Gasteiger partial charge on any atom is 0.213 e. The van der Waals surface area contributed by atoms with Crippen LogP contribution in [0, 0.1) is 11.8 Å². The molecule has 0 aromatic carbocycles. The van der Waals surface area contributed by atoms with Gasteiger partial charge in [-0.2, -0.15) is 4.39 Å². The summed E-state index contributed by atoms with van der Waals surface area (Å²) in [5.41, 5.74) is -11.0. The third kappa shape index (κ3) is 3.72. The maximum absolute atomic E-state index is 14.7. The number of Topliss-reactive ketones (excluding diaryl/α,β-unsaturated/α-hetero) is 3. The van der Waals surface area contributed by atoms with Gasteiger partial charge < -0.3 is 20.1 Å². The van der Waals surface area contributed by atoms with Crippen molar-refractivity contribution in [3.63, 3.8) is 0 Å². The Morgan fingerprint density at radius 3 is 2.24 bits per heavy atom. The molecule has 0 radical (unpaired) electrons. The van der Waals surface area contributed by atoms with Crippen LogP contribution in [0.5, 0.6) is 5.75 Å². The number of pyridine rings is 2. The molecule has 1 aliphatic heterocycles. The van der Waals surface area contributed by atoms with E-state index < -0.39 is 57.1 Å². The van der Waals surface area contributed by atoms with Gasteiger partial charge in [0.25, 0.3) is 0 Å². The molecule has 0 saturated carbocycles. The highest BCUT2D eigenvalue weighted by Crippen LogP contribution is 2.49. The largest absolute Gasteiger partial charge is 0.474 e. The lowest BCUT2D eigenvalue weighted by atomic mass is 9.65. The Labute approximate surface area is 190 Å². The lowest BCUT2D eigenvalue weighted by Gasteiger charge is -2.54. The summed E-state index contributed by atoms with van der Waals surface area (Å²) in [6.07, 6.45) is 2.15. The normalized spacial score (nSPS) is 29.4. The molecule has 1 saturated heterocycles. The van der Waals surface area contributed by atoms with Crippen molar-refractivity contribution < 1.29 is 43.2 Å². The predicted octanol–water partition coefficient (Wildman–Crippen LogP) is 0.834. The minimum Gasteiger partial charge on any atom is -0.474 e. The van der Waals surface area contributed by atoms with Gasteiger partial charge in [-0.1, -0.05) is 0 Å². The lowest BCUT2D eigenvalue weighted by molar-refractivity contribution is -0.236. The first kappa shape index (κ1) is 24.8. The van der Waals surface area contributed by atoms with E-state index >= 15 is 0 Å². The second-order valence-electron chi connectivity index (χ2n) is 7.64. The molecule has 1 fully saturated rings. The summed E-state index contributed by atoms with van der Waals surface area (Å²) >= 11 is 0.572. The Hall–Kier alpha value is -2.80. The summed E-state index contributed by atoms with van der Waals surface area (Å²) < 4.78 is 33.5. The molecule has 0 aliphatic carbocycles. The van der Waals surface area contributed by atoms with Crippen LogP contribution in [0.15, 0.2) is 30.6 Å². The van der Waals surface area contributed by atoms with Crippen LogP contribution in [0.1, 0.15) is 20.8 Å².